The number of methoxy groups -OCH3 is 1. The monoisotopic (exact) mass is 380 g/mol. The molecule has 1 fully saturated rings. The van der Waals surface area contributed by atoms with Crippen LogP contribution in [0, 0.1) is 0 Å². The summed E-state index contributed by atoms with van der Waals surface area (Å²) in [6, 6.07) is 11.9. The van der Waals surface area contributed by atoms with E-state index in [1.54, 1.807) is 43.6 Å². The van der Waals surface area contributed by atoms with E-state index >= 15 is 0 Å². The molecule has 1 amide bonds. The predicted octanol–water partition coefficient (Wildman–Crippen LogP) is 3.10. The summed E-state index contributed by atoms with van der Waals surface area (Å²) in [6.07, 6.45) is 3.07. The fourth-order valence-electron chi connectivity index (χ4n) is 3.39. The lowest BCUT2D eigenvalue weighted by molar-refractivity contribution is -0.140. The molecule has 2 heterocycles. The molecule has 2 aromatic rings. The van der Waals surface area contributed by atoms with Crippen LogP contribution in [-0.2, 0) is 20.7 Å². The van der Waals surface area contributed by atoms with Gasteiger partial charge in [0.15, 0.2) is 0 Å². The third kappa shape index (κ3) is 3.82. The maximum absolute atomic E-state index is 12.8. The average Bonchev–Trinajstić information content (AvgIpc) is 2.99. The fraction of sp³-hybridized carbons (Fsp3) is 0.318. The highest BCUT2D eigenvalue weighted by molar-refractivity contribution is 6.46. The number of aromatic nitrogens is 1. The van der Waals surface area contributed by atoms with E-state index < -0.39 is 17.7 Å². The first-order valence-corrected chi connectivity index (χ1v) is 9.36. The summed E-state index contributed by atoms with van der Waals surface area (Å²) in [6.45, 7) is 2.85. The van der Waals surface area contributed by atoms with Gasteiger partial charge in [0.25, 0.3) is 11.7 Å². The van der Waals surface area contributed by atoms with Gasteiger partial charge in [-0.05, 0) is 30.5 Å². The Morgan fingerprint density at radius 3 is 2.54 bits per heavy atom. The molecule has 146 valence electrons. The molecule has 1 aliphatic heterocycles. The summed E-state index contributed by atoms with van der Waals surface area (Å²) >= 11 is 0. The normalized spacial score (nSPS) is 18.6. The number of hydrogen-bond donors (Lipinski definition) is 1. The number of carbonyl (C=O) groups is 2. The van der Waals surface area contributed by atoms with Gasteiger partial charge in [-0.25, -0.2) is 0 Å². The number of ether oxygens (including phenoxy) is 1. The average molecular weight is 380 g/mol. The van der Waals surface area contributed by atoms with Crippen LogP contribution in [0.1, 0.15) is 36.2 Å². The summed E-state index contributed by atoms with van der Waals surface area (Å²) in [5.74, 6) is -1.49. The SMILES string of the molecule is CCc1ccc(/C(O)=C2/C(=O)C(=O)N(CCCOC)C2c2ccccn2)cc1. The van der Waals surface area contributed by atoms with Crippen molar-refractivity contribution in [2.75, 3.05) is 20.3 Å². The lowest BCUT2D eigenvalue weighted by Gasteiger charge is -2.24. The van der Waals surface area contributed by atoms with E-state index in [1.165, 1.54) is 4.90 Å². The van der Waals surface area contributed by atoms with E-state index in [-0.39, 0.29) is 11.3 Å². The zero-order chi connectivity index (χ0) is 20.1. The van der Waals surface area contributed by atoms with Gasteiger partial charge in [-0.2, -0.15) is 0 Å². The van der Waals surface area contributed by atoms with E-state index in [2.05, 4.69) is 4.98 Å². The number of aliphatic hydroxyl groups is 1. The number of aliphatic hydroxyl groups excluding tert-OH is 1. The zero-order valence-corrected chi connectivity index (χ0v) is 16.1. The van der Waals surface area contributed by atoms with E-state index in [0.717, 1.165) is 12.0 Å². The van der Waals surface area contributed by atoms with Gasteiger partial charge in [0.05, 0.1) is 11.3 Å². The number of hydrogen-bond acceptors (Lipinski definition) is 5. The van der Waals surface area contributed by atoms with Crippen molar-refractivity contribution in [3.63, 3.8) is 0 Å². The first-order valence-electron chi connectivity index (χ1n) is 9.36. The van der Waals surface area contributed by atoms with E-state index in [0.29, 0.717) is 30.8 Å². The molecule has 1 aromatic heterocycles. The van der Waals surface area contributed by atoms with Crippen molar-refractivity contribution in [3.05, 3.63) is 71.1 Å². The minimum atomic E-state index is -0.719. The van der Waals surface area contributed by atoms with E-state index in [1.807, 2.05) is 19.1 Å². The molecule has 1 unspecified atom stereocenters. The highest BCUT2D eigenvalue weighted by Crippen LogP contribution is 2.38. The Morgan fingerprint density at radius 1 is 1.18 bits per heavy atom. The number of carbonyl (C=O) groups excluding carboxylic acids is 2. The minimum absolute atomic E-state index is 0.0744. The van der Waals surface area contributed by atoms with Gasteiger partial charge in [0.2, 0.25) is 0 Å². The molecule has 0 aliphatic carbocycles. The Balaban J connectivity index is 2.07. The standard InChI is InChI=1S/C22H24N2O4/c1-3-15-8-10-16(11-9-15)20(25)18-19(17-7-4-5-12-23-17)24(13-6-14-28-2)22(27)21(18)26/h4-5,7-12,19,25H,3,6,13-14H2,1-2H3/b20-18-. The van der Waals surface area contributed by atoms with Crippen LogP contribution in [0.3, 0.4) is 0 Å². The number of benzene rings is 1. The Bertz CT molecular complexity index is 875. The first-order chi connectivity index (χ1) is 13.6. The summed E-state index contributed by atoms with van der Waals surface area (Å²) < 4.78 is 5.07. The summed E-state index contributed by atoms with van der Waals surface area (Å²) in [7, 11) is 1.59. The second kappa shape index (κ2) is 8.80. The smallest absolute Gasteiger partial charge is 0.295 e. The van der Waals surface area contributed by atoms with Crippen LogP contribution < -0.4 is 0 Å². The number of nitrogens with zero attached hydrogens (tertiary/aromatic N) is 2. The fourth-order valence-corrected chi connectivity index (χ4v) is 3.39. The second-order valence-electron chi connectivity index (χ2n) is 6.64. The van der Waals surface area contributed by atoms with Gasteiger partial charge >= 0.3 is 0 Å². The van der Waals surface area contributed by atoms with Crippen molar-refractivity contribution < 1.29 is 19.4 Å². The molecule has 1 atom stereocenters. The van der Waals surface area contributed by atoms with E-state index in [4.69, 9.17) is 4.74 Å². The summed E-state index contributed by atoms with van der Waals surface area (Å²) in [4.78, 5) is 31.3. The van der Waals surface area contributed by atoms with Crippen molar-refractivity contribution in [1.29, 1.82) is 0 Å². The van der Waals surface area contributed by atoms with Crippen molar-refractivity contribution in [1.82, 2.24) is 9.88 Å². The molecule has 0 radical (unpaired) electrons. The topological polar surface area (TPSA) is 79.7 Å². The molecule has 6 heteroatoms. The molecule has 1 saturated heterocycles. The highest BCUT2D eigenvalue weighted by Gasteiger charge is 2.46. The third-order valence-electron chi connectivity index (χ3n) is 4.89. The van der Waals surface area contributed by atoms with Gasteiger partial charge in [0, 0.05) is 32.0 Å². The zero-order valence-electron chi connectivity index (χ0n) is 16.1. The lowest BCUT2D eigenvalue weighted by atomic mass is 9.97. The van der Waals surface area contributed by atoms with Crippen molar-refractivity contribution in [2.45, 2.75) is 25.8 Å². The number of ketones is 1. The molecule has 0 spiro atoms. The number of rotatable bonds is 7. The first kappa shape index (κ1) is 19.8. The van der Waals surface area contributed by atoms with Crippen LogP contribution in [0.5, 0.6) is 0 Å². The molecule has 6 nitrogen and oxygen atoms in total. The third-order valence-corrected chi connectivity index (χ3v) is 4.89. The maximum Gasteiger partial charge on any atom is 0.295 e. The predicted molar refractivity (Wildman–Crippen MR) is 106 cm³/mol. The molecular weight excluding hydrogens is 356 g/mol. The quantitative estimate of drug-likeness (QED) is 0.346. The lowest BCUT2D eigenvalue weighted by Crippen LogP contribution is -2.31. The molecule has 0 saturated carbocycles. The molecule has 0 bridgehead atoms. The van der Waals surface area contributed by atoms with Crippen LogP contribution in [0.2, 0.25) is 0 Å². The Morgan fingerprint density at radius 2 is 1.93 bits per heavy atom. The minimum Gasteiger partial charge on any atom is -0.507 e. The van der Waals surface area contributed by atoms with Crippen LogP contribution >= 0.6 is 0 Å². The second-order valence-corrected chi connectivity index (χ2v) is 6.64. The number of pyridine rings is 1. The van der Waals surface area contributed by atoms with Crippen LogP contribution in [-0.4, -0.2) is 46.9 Å². The van der Waals surface area contributed by atoms with Crippen LogP contribution in [0.15, 0.2) is 54.2 Å². The van der Waals surface area contributed by atoms with Gasteiger partial charge < -0.3 is 14.7 Å². The van der Waals surface area contributed by atoms with Crippen molar-refractivity contribution >= 4 is 17.4 Å². The molecule has 3 rings (SSSR count). The van der Waals surface area contributed by atoms with Crippen molar-refractivity contribution in [3.8, 4) is 0 Å². The largest absolute Gasteiger partial charge is 0.507 e. The molecule has 1 aromatic carbocycles. The number of Topliss-reactive ketones (excluding diaryl/α,β-unsaturated/α-hetero) is 1. The molecule has 28 heavy (non-hydrogen) atoms. The van der Waals surface area contributed by atoms with Gasteiger partial charge in [-0.1, -0.05) is 37.3 Å². The molecular formula is C22H24N2O4. The highest BCUT2D eigenvalue weighted by atomic mass is 16.5. The Kier molecular flexibility index (Phi) is 6.21. The number of aryl methyl sites for hydroxylation is 1. The Hall–Kier alpha value is -2.99. The van der Waals surface area contributed by atoms with E-state index in [9.17, 15) is 14.7 Å². The Labute approximate surface area is 164 Å². The number of likely N-dealkylation sites (tertiary alicyclic amines) is 1. The van der Waals surface area contributed by atoms with Gasteiger partial charge in [-0.15, -0.1) is 0 Å². The van der Waals surface area contributed by atoms with Gasteiger partial charge in [0.1, 0.15) is 11.8 Å². The molecule has 1 N–H and O–H groups in total. The number of amides is 1. The van der Waals surface area contributed by atoms with Crippen LogP contribution in [0.4, 0.5) is 0 Å². The van der Waals surface area contributed by atoms with Crippen molar-refractivity contribution in [2.24, 2.45) is 0 Å². The van der Waals surface area contributed by atoms with Gasteiger partial charge in [-0.3, -0.25) is 14.6 Å². The maximum atomic E-state index is 12.8. The molecule has 1 aliphatic rings. The van der Waals surface area contributed by atoms with Crippen LogP contribution in [0.25, 0.3) is 5.76 Å². The summed E-state index contributed by atoms with van der Waals surface area (Å²) in [5.41, 5.74) is 2.25. The summed E-state index contributed by atoms with van der Waals surface area (Å²) in [5, 5.41) is 10.9.